The molecule has 1 aromatic rings. The van der Waals surface area contributed by atoms with E-state index in [9.17, 15) is 13.0 Å². The third-order valence-corrected chi connectivity index (χ3v) is 1.19. The van der Waals surface area contributed by atoms with Gasteiger partial charge in [-0.25, -0.2) is 8.42 Å². The monoisotopic (exact) mass is 235 g/mol. The fraction of sp³-hybridized carbons (Fsp3) is 0.250. The van der Waals surface area contributed by atoms with Crippen LogP contribution < -0.4 is 4.89 Å². The molecule has 0 spiro atoms. The molecule has 0 heterocycles. The Morgan fingerprint density at radius 2 is 1.80 bits per heavy atom. The first kappa shape index (κ1) is 13.8. The summed E-state index contributed by atoms with van der Waals surface area (Å²) in [6, 6.07) is 7.82. The minimum Gasteiger partial charge on any atom is -0.723 e. The van der Waals surface area contributed by atoms with E-state index in [1.54, 1.807) is 25.1 Å². The molecule has 0 atom stereocenters. The number of para-hydroxylation sites is 1. The summed E-state index contributed by atoms with van der Waals surface area (Å²) in [7, 11) is -4.79. The average Bonchev–Trinajstić information content (AvgIpc) is 2.17. The number of rotatable bonds is 3. The summed E-state index contributed by atoms with van der Waals surface area (Å²) in [5.74, 6) is 0.150. The van der Waals surface area contributed by atoms with E-state index in [-0.39, 0.29) is 12.4 Å². The second kappa shape index (κ2) is 7.18. The molecule has 6 nitrogen and oxygen atoms in total. The lowest BCUT2D eigenvalue weighted by Gasteiger charge is -2.05. The van der Waals surface area contributed by atoms with Gasteiger partial charge in [-0.1, -0.05) is 22.5 Å². The van der Waals surface area contributed by atoms with E-state index in [0.717, 1.165) is 0 Å². The second-order valence-electron chi connectivity index (χ2n) is 2.19. The normalized spacial score (nSPS) is 10.1. The van der Waals surface area contributed by atoms with Crippen LogP contribution in [0.4, 0.5) is 0 Å². The Morgan fingerprint density at radius 3 is 2.20 bits per heavy atom. The molecule has 1 rings (SSSR count). The zero-order valence-electron chi connectivity index (χ0n) is 7.99. The van der Waals surface area contributed by atoms with Gasteiger partial charge in [-0.3, -0.25) is 0 Å². The van der Waals surface area contributed by atoms with Gasteiger partial charge in [0.2, 0.25) is 0 Å². The Kier molecular flexibility index (Phi) is 6.63. The van der Waals surface area contributed by atoms with Crippen molar-refractivity contribution in [3.8, 4) is 5.75 Å². The topological polar surface area (TPSA) is 95.9 Å². The molecule has 86 valence electrons. The Hall–Kier alpha value is -1.15. The summed E-state index contributed by atoms with van der Waals surface area (Å²) in [6.45, 7) is 1.93. The molecule has 15 heavy (non-hydrogen) atoms. The Morgan fingerprint density at radius 1 is 1.33 bits per heavy atom. The van der Waals surface area contributed by atoms with E-state index in [0.29, 0.717) is 0 Å². The average molecular weight is 235 g/mol. The molecule has 0 aliphatic carbocycles. The van der Waals surface area contributed by atoms with E-state index in [1.807, 2.05) is 0 Å². The van der Waals surface area contributed by atoms with Gasteiger partial charge in [-0.05, 0) is 19.1 Å². The van der Waals surface area contributed by atoms with Crippen molar-refractivity contribution in [2.75, 3.05) is 6.61 Å². The van der Waals surface area contributed by atoms with E-state index >= 15 is 0 Å². The molecule has 0 aromatic heterocycles. The summed E-state index contributed by atoms with van der Waals surface area (Å²) in [6.07, 6.45) is 0. The predicted molar refractivity (Wildman–Crippen MR) is 50.6 cm³/mol. The number of aliphatic hydroxyl groups excluding tert-OH is 1. The van der Waals surface area contributed by atoms with Crippen molar-refractivity contribution >= 4 is 10.4 Å². The van der Waals surface area contributed by atoms with Crippen molar-refractivity contribution in [2.24, 2.45) is 0 Å². The van der Waals surface area contributed by atoms with Crippen LogP contribution in [0.1, 0.15) is 6.92 Å². The molecule has 0 aliphatic rings. The molecule has 0 saturated heterocycles. The van der Waals surface area contributed by atoms with Gasteiger partial charge in [0.25, 0.3) is 10.4 Å². The fourth-order valence-electron chi connectivity index (χ4n) is 0.557. The van der Waals surface area contributed by atoms with Crippen molar-refractivity contribution in [1.82, 2.24) is 0 Å². The largest absolute Gasteiger partial charge is 0.723 e. The van der Waals surface area contributed by atoms with Crippen molar-refractivity contribution < 1.29 is 27.3 Å². The Balaban J connectivity index is 0.000000583. The van der Waals surface area contributed by atoms with Crippen LogP contribution in [0.25, 0.3) is 0 Å². The van der Waals surface area contributed by atoms with Gasteiger partial charge >= 0.3 is 0 Å². The molecular weight excluding hydrogens is 224 g/mol. The number of benzene rings is 1. The van der Waals surface area contributed by atoms with Crippen LogP contribution >= 0.6 is 0 Å². The molecule has 0 amide bonds. The minimum absolute atomic E-state index is 0.150. The van der Waals surface area contributed by atoms with Crippen LogP contribution in [0, 0.1) is 0 Å². The highest BCUT2D eigenvalue weighted by atomic mass is 32.3. The van der Waals surface area contributed by atoms with Crippen molar-refractivity contribution in [3.63, 3.8) is 0 Å². The zero-order chi connectivity index (χ0) is 11.7. The maximum absolute atomic E-state index is 9.90. The van der Waals surface area contributed by atoms with Gasteiger partial charge < -0.3 is 14.5 Å². The molecule has 7 heteroatoms. The molecule has 1 N–H and O–H groups in total. The van der Waals surface area contributed by atoms with Gasteiger partial charge in [0, 0.05) is 6.61 Å². The molecule has 0 bridgehead atoms. The van der Waals surface area contributed by atoms with Gasteiger partial charge in [-0.15, -0.1) is 0 Å². The van der Waals surface area contributed by atoms with Gasteiger partial charge in [-0.2, -0.15) is 0 Å². The molecule has 0 unspecified atom stereocenters. The van der Waals surface area contributed by atoms with Crippen LogP contribution in [0.3, 0.4) is 0 Å². The van der Waals surface area contributed by atoms with E-state index in [2.05, 4.69) is 9.22 Å². The molecule has 0 aliphatic heterocycles. The first-order valence-corrected chi connectivity index (χ1v) is 5.30. The summed E-state index contributed by atoms with van der Waals surface area (Å²) >= 11 is 0. The number of hydrogen-bond acceptors (Lipinski definition) is 6. The minimum atomic E-state index is -4.79. The lowest BCUT2D eigenvalue weighted by molar-refractivity contribution is -0.103. The highest BCUT2D eigenvalue weighted by Gasteiger charge is 1.96. The maximum atomic E-state index is 9.90. The first-order valence-electron chi connectivity index (χ1n) is 3.97. The molecule has 1 aromatic carbocycles. The molecular formula is C8H11O6S-. The summed E-state index contributed by atoms with van der Waals surface area (Å²) in [5.41, 5.74) is 0. The van der Waals surface area contributed by atoms with Crippen LogP contribution in [-0.2, 0) is 14.7 Å². The first-order chi connectivity index (χ1) is 6.99. The fourth-order valence-corrected chi connectivity index (χ4v) is 0.719. The summed E-state index contributed by atoms with van der Waals surface area (Å²) in [5, 5.41) is 7.57. The van der Waals surface area contributed by atoms with E-state index in [1.165, 1.54) is 12.1 Å². The molecule has 0 saturated carbocycles. The number of aliphatic hydroxyl groups is 1. The highest BCUT2D eigenvalue weighted by Crippen LogP contribution is 2.09. The third kappa shape index (κ3) is 9.16. The predicted octanol–water partition coefficient (Wildman–Crippen LogP) is 0.456. The Labute approximate surface area is 88.0 Å². The number of hydrogen-bond donors (Lipinski definition) is 1. The smallest absolute Gasteiger partial charge is 0.256 e. The second-order valence-corrected chi connectivity index (χ2v) is 3.14. The van der Waals surface area contributed by atoms with Crippen LogP contribution in [0.5, 0.6) is 5.75 Å². The Bertz CT molecular complexity index is 347. The van der Waals surface area contributed by atoms with E-state index in [4.69, 9.17) is 5.11 Å². The lowest BCUT2D eigenvalue weighted by atomic mass is 10.3. The molecule has 0 fully saturated rings. The van der Waals surface area contributed by atoms with Crippen molar-refractivity contribution in [3.05, 3.63) is 30.3 Å². The third-order valence-electron chi connectivity index (χ3n) is 0.957. The lowest BCUT2D eigenvalue weighted by Crippen LogP contribution is -2.07. The van der Waals surface area contributed by atoms with Crippen molar-refractivity contribution in [2.45, 2.75) is 6.92 Å². The van der Waals surface area contributed by atoms with Gasteiger partial charge in [0.1, 0.15) is 0 Å². The maximum Gasteiger partial charge on any atom is 0.256 e. The van der Waals surface area contributed by atoms with Crippen LogP contribution in [0.2, 0.25) is 0 Å². The van der Waals surface area contributed by atoms with Crippen molar-refractivity contribution in [1.29, 1.82) is 0 Å². The quantitative estimate of drug-likeness (QED) is 0.354. The van der Waals surface area contributed by atoms with Gasteiger partial charge in [0.15, 0.2) is 5.75 Å². The van der Waals surface area contributed by atoms with Gasteiger partial charge in [0.05, 0.1) is 0 Å². The summed E-state index contributed by atoms with van der Waals surface area (Å²) in [4.78, 5) is 4.17. The summed E-state index contributed by atoms with van der Waals surface area (Å²) < 4.78 is 33.2. The van der Waals surface area contributed by atoms with E-state index < -0.39 is 10.4 Å². The highest BCUT2D eigenvalue weighted by molar-refractivity contribution is 7.80. The van der Waals surface area contributed by atoms with Crippen LogP contribution in [0.15, 0.2) is 30.3 Å². The zero-order valence-corrected chi connectivity index (χ0v) is 8.81. The standard InChI is InChI=1S/C6H6O5S.C2H6O/c7-12(8,9)11-10-6-4-2-1-3-5-6;1-2-3/h1-5H,(H,7,8,9);3H,2H2,1H3/p-1. The van der Waals surface area contributed by atoms with Crippen LogP contribution in [-0.4, -0.2) is 24.7 Å². The molecule has 0 radical (unpaired) electrons. The SMILES string of the molecule is CCO.O=S(=O)([O-])OOc1ccccc1.